The number of hydrogen-bond acceptors (Lipinski definition) is 4. The van der Waals surface area contributed by atoms with Crippen molar-refractivity contribution in [3.8, 4) is 0 Å². The third-order valence-corrected chi connectivity index (χ3v) is 4.48. The molecule has 0 bridgehead atoms. The van der Waals surface area contributed by atoms with Crippen molar-refractivity contribution in [3.05, 3.63) is 53.7 Å². The fraction of sp³-hybridized carbons (Fsp3) is 0.368. The van der Waals surface area contributed by atoms with Gasteiger partial charge in [-0.3, -0.25) is 4.79 Å². The fourth-order valence-electron chi connectivity index (χ4n) is 2.86. The first kappa shape index (κ1) is 18.3. The third-order valence-electron chi connectivity index (χ3n) is 4.48. The van der Waals surface area contributed by atoms with Crippen molar-refractivity contribution in [1.29, 1.82) is 0 Å². The molecule has 1 aromatic heterocycles. The molecule has 1 aromatic carbocycles. The monoisotopic (exact) mass is 360 g/mol. The van der Waals surface area contributed by atoms with Crippen LogP contribution in [0.25, 0.3) is 0 Å². The average Bonchev–Trinajstić information content (AvgIpc) is 2.64. The van der Waals surface area contributed by atoms with Crippen LogP contribution in [0.2, 0.25) is 0 Å². The molecule has 1 aliphatic heterocycles. The minimum Gasteiger partial charge on any atom is -0.354 e. The van der Waals surface area contributed by atoms with Crippen molar-refractivity contribution in [2.24, 2.45) is 0 Å². The largest absolute Gasteiger partial charge is 0.354 e. The second-order valence-corrected chi connectivity index (χ2v) is 6.49. The number of halogens is 2. The van der Waals surface area contributed by atoms with Crippen LogP contribution in [0.5, 0.6) is 0 Å². The first-order chi connectivity index (χ1) is 12.5. The molecule has 1 amide bonds. The first-order valence-electron chi connectivity index (χ1n) is 8.64. The van der Waals surface area contributed by atoms with Crippen LogP contribution in [0.15, 0.2) is 36.5 Å². The molecule has 1 N–H and O–H groups in total. The molecular weight excluding hydrogens is 338 g/mol. The standard InChI is InChI=1S/C19H22F2N4O/c1-24-8-10-25(11-9-24)18-6-4-15(13-22-18)23-19(26)7-3-14-2-5-16(20)17(21)12-14/h2,4-6,12-13H,3,7-11H2,1H3,(H,23,26). The number of carbonyl (C=O) groups excluding carboxylic acids is 1. The van der Waals surface area contributed by atoms with Crippen LogP contribution < -0.4 is 10.2 Å². The van der Waals surface area contributed by atoms with E-state index in [2.05, 4.69) is 27.1 Å². The summed E-state index contributed by atoms with van der Waals surface area (Å²) in [4.78, 5) is 21.0. The summed E-state index contributed by atoms with van der Waals surface area (Å²) in [5.74, 6) is -1.07. The molecule has 0 radical (unpaired) electrons. The lowest BCUT2D eigenvalue weighted by atomic mass is 10.1. The number of benzene rings is 1. The number of rotatable bonds is 5. The minimum absolute atomic E-state index is 0.186. The molecular formula is C19H22F2N4O. The lowest BCUT2D eigenvalue weighted by Gasteiger charge is -2.33. The second kappa shape index (κ2) is 8.23. The molecule has 2 heterocycles. The Morgan fingerprint density at radius 2 is 1.88 bits per heavy atom. The maximum Gasteiger partial charge on any atom is 0.224 e. The van der Waals surface area contributed by atoms with Crippen molar-refractivity contribution in [2.75, 3.05) is 43.4 Å². The summed E-state index contributed by atoms with van der Waals surface area (Å²) >= 11 is 0. The van der Waals surface area contributed by atoms with Crippen LogP contribution in [0.1, 0.15) is 12.0 Å². The average molecular weight is 360 g/mol. The number of hydrogen-bond donors (Lipinski definition) is 1. The molecule has 138 valence electrons. The van der Waals surface area contributed by atoms with E-state index in [-0.39, 0.29) is 12.3 Å². The summed E-state index contributed by atoms with van der Waals surface area (Å²) in [5.41, 5.74) is 1.21. The molecule has 0 atom stereocenters. The van der Waals surface area contributed by atoms with Gasteiger partial charge in [-0.1, -0.05) is 6.07 Å². The molecule has 0 unspecified atom stereocenters. The normalized spacial score (nSPS) is 15.1. The lowest BCUT2D eigenvalue weighted by molar-refractivity contribution is -0.116. The van der Waals surface area contributed by atoms with E-state index in [1.807, 2.05) is 12.1 Å². The SMILES string of the molecule is CN1CCN(c2ccc(NC(=O)CCc3ccc(F)c(F)c3)cn2)CC1. The summed E-state index contributed by atoms with van der Waals surface area (Å²) in [5, 5.41) is 2.78. The molecule has 0 aliphatic carbocycles. The lowest BCUT2D eigenvalue weighted by Crippen LogP contribution is -2.44. The van der Waals surface area contributed by atoms with E-state index >= 15 is 0 Å². The number of nitrogens with zero attached hydrogens (tertiary/aromatic N) is 3. The Morgan fingerprint density at radius 3 is 2.54 bits per heavy atom. The van der Waals surface area contributed by atoms with Crippen molar-refractivity contribution < 1.29 is 13.6 Å². The van der Waals surface area contributed by atoms with E-state index in [9.17, 15) is 13.6 Å². The van der Waals surface area contributed by atoms with Gasteiger partial charge in [0.25, 0.3) is 0 Å². The van der Waals surface area contributed by atoms with Crippen LogP contribution in [-0.2, 0) is 11.2 Å². The zero-order chi connectivity index (χ0) is 18.5. The third kappa shape index (κ3) is 4.76. The number of likely N-dealkylation sites (N-methyl/N-ethyl adjacent to an activating group) is 1. The minimum atomic E-state index is -0.897. The predicted octanol–water partition coefficient (Wildman–Crippen LogP) is 2.68. The summed E-state index contributed by atoms with van der Waals surface area (Å²) in [6, 6.07) is 7.41. The zero-order valence-electron chi connectivity index (χ0n) is 14.7. The molecule has 5 nitrogen and oxygen atoms in total. The Kier molecular flexibility index (Phi) is 5.78. The van der Waals surface area contributed by atoms with Crippen LogP contribution >= 0.6 is 0 Å². The molecule has 1 aliphatic rings. The number of aryl methyl sites for hydroxylation is 1. The highest BCUT2D eigenvalue weighted by atomic mass is 19.2. The Labute approximate surface area is 151 Å². The topological polar surface area (TPSA) is 48.5 Å². The maximum atomic E-state index is 13.2. The van der Waals surface area contributed by atoms with E-state index in [4.69, 9.17) is 0 Å². The van der Waals surface area contributed by atoms with Gasteiger partial charge in [-0.2, -0.15) is 0 Å². The van der Waals surface area contributed by atoms with Gasteiger partial charge >= 0.3 is 0 Å². The van der Waals surface area contributed by atoms with Crippen molar-refractivity contribution in [1.82, 2.24) is 9.88 Å². The van der Waals surface area contributed by atoms with E-state index in [1.165, 1.54) is 6.07 Å². The zero-order valence-corrected chi connectivity index (χ0v) is 14.7. The van der Waals surface area contributed by atoms with E-state index < -0.39 is 11.6 Å². The number of carbonyl (C=O) groups is 1. The number of pyridine rings is 1. The number of anilines is 2. The van der Waals surface area contributed by atoms with Crippen molar-refractivity contribution in [2.45, 2.75) is 12.8 Å². The molecule has 7 heteroatoms. The van der Waals surface area contributed by atoms with Crippen LogP contribution in [-0.4, -0.2) is 49.0 Å². The molecule has 0 spiro atoms. The summed E-state index contributed by atoms with van der Waals surface area (Å²) in [6.45, 7) is 3.88. The molecule has 2 aromatic rings. The second-order valence-electron chi connectivity index (χ2n) is 6.49. The Morgan fingerprint density at radius 1 is 1.12 bits per heavy atom. The first-order valence-corrected chi connectivity index (χ1v) is 8.64. The van der Waals surface area contributed by atoms with Gasteiger partial charge in [-0.25, -0.2) is 13.8 Å². The van der Waals surface area contributed by atoms with E-state index in [0.29, 0.717) is 17.7 Å². The number of aromatic nitrogens is 1. The van der Waals surface area contributed by atoms with Gasteiger partial charge in [0.05, 0.1) is 11.9 Å². The van der Waals surface area contributed by atoms with Gasteiger partial charge in [0.15, 0.2) is 11.6 Å². The maximum absolute atomic E-state index is 13.2. The highest BCUT2D eigenvalue weighted by molar-refractivity contribution is 5.90. The Bertz CT molecular complexity index is 759. The molecule has 1 saturated heterocycles. The number of nitrogens with one attached hydrogen (secondary N) is 1. The fourth-order valence-corrected chi connectivity index (χ4v) is 2.86. The highest BCUT2D eigenvalue weighted by Gasteiger charge is 2.15. The smallest absolute Gasteiger partial charge is 0.224 e. The van der Waals surface area contributed by atoms with Gasteiger partial charge < -0.3 is 15.1 Å². The van der Waals surface area contributed by atoms with E-state index in [1.54, 1.807) is 6.20 Å². The van der Waals surface area contributed by atoms with Gasteiger partial charge in [0.1, 0.15) is 5.82 Å². The quantitative estimate of drug-likeness (QED) is 0.891. The Hall–Kier alpha value is -2.54. The molecule has 1 fully saturated rings. The summed E-state index contributed by atoms with van der Waals surface area (Å²) < 4.78 is 26.1. The predicted molar refractivity (Wildman–Crippen MR) is 97.3 cm³/mol. The van der Waals surface area contributed by atoms with E-state index in [0.717, 1.165) is 44.1 Å². The van der Waals surface area contributed by atoms with Gasteiger partial charge in [-0.15, -0.1) is 0 Å². The van der Waals surface area contributed by atoms with Crippen LogP contribution in [0.4, 0.5) is 20.3 Å². The molecule has 3 rings (SSSR count). The van der Waals surface area contributed by atoms with Gasteiger partial charge in [0.2, 0.25) is 5.91 Å². The molecule has 0 saturated carbocycles. The van der Waals surface area contributed by atoms with Crippen molar-refractivity contribution >= 4 is 17.4 Å². The van der Waals surface area contributed by atoms with Gasteiger partial charge in [0, 0.05) is 32.6 Å². The van der Waals surface area contributed by atoms with Crippen LogP contribution in [0.3, 0.4) is 0 Å². The van der Waals surface area contributed by atoms with Crippen molar-refractivity contribution in [3.63, 3.8) is 0 Å². The molecule has 26 heavy (non-hydrogen) atoms. The Balaban J connectivity index is 1.50. The summed E-state index contributed by atoms with van der Waals surface area (Å²) in [6.07, 6.45) is 2.17. The van der Waals surface area contributed by atoms with Crippen LogP contribution in [0, 0.1) is 11.6 Å². The van der Waals surface area contributed by atoms with Gasteiger partial charge in [-0.05, 0) is 43.3 Å². The summed E-state index contributed by atoms with van der Waals surface area (Å²) in [7, 11) is 2.10. The highest BCUT2D eigenvalue weighted by Crippen LogP contribution is 2.16. The number of amides is 1. The number of piperazine rings is 1.